The van der Waals surface area contributed by atoms with Crippen LogP contribution < -0.4 is 0 Å². The number of hydrogen-bond donors (Lipinski definition) is 0. The topological polar surface area (TPSA) is 55.8 Å². The van der Waals surface area contributed by atoms with Gasteiger partial charge in [0.05, 0.1) is 6.61 Å². The van der Waals surface area contributed by atoms with Crippen molar-refractivity contribution in [3.8, 4) is 0 Å². The Morgan fingerprint density at radius 2 is 1.02 bits per heavy atom. The molecule has 0 unspecified atom stereocenters. The van der Waals surface area contributed by atoms with Crippen LogP contribution in [0.2, 0.25) is 0 Å². The smallest absolute Gasteiger partial charge is 0.306 e. The number of carbonyl (C=O) groups excluding carboxylic acids is 2. The fourth-order valence-corrected chi connectivity index (χ4v) is 6.66. The van der Waals surface area contributed by atoms with Crippen molar-refractivity contribution in [2.45, 2.75) is 207 Å². The summed E-state index contributed by atoms with van der Waals surface area (Å²) < 4.78 is 11.2. The summed E-state index contributed by atoms with van der Waals surface area (Å²) in [6, 6.07) is 0. The van der Waals surface area contributed by atoms with Gasteiger partial charge < -0.3 is 14.4 Å². The van der Waals surface area contributed by atoms with Gasteiger partial charge in [-0.1, -0.05) is 130 Å². The summed E-state index contributed by atoms with van der Waals surface area (Å²) in [7, 11) is 0. The lowest BCUT2D eigenvalue weighted by atomic mass is 9.84. The summed E-state index contributed by atoms with van der Waals surface area (Å²) in [4.78, 5) is 26.8. The zero-order chi connectivity index (χ0) is 31.9. The molecule has 0 aliphatic heterocycles. The van der Waals surface area contributed by atoms with Crippen LogP contribution in [0.15, 0.2) is 0 Å². The summed E-state index contributed by atoms with van der Waals surface area (Å²) in [6.45, 7) is 10.9. The van der Waals surface area contributed by atoms with Crippen LogP contribution in [0.25, 0.3) is 0 Å². The molecule has 0 N–H and O–H groups in total. The highest BCUT2D eigenvalue weighted by atomic mass is 16.5. The van der Waals surface area contributed by atoms with Crippen molar-refractivity contribution in [2.75, 3.05) is 26.2 Å². The molecular formula is C39H75NO4. The van der Waals surface area contributed by atoms with E-state index in [4.69, 9.17) is 9.47 Å². The van der Waals surface area contributed by atoms with E-state index >= 15 is 0 Å². The number of rotatable bonds is 31. The Hall–Kier alpha value is -1.10. The summed E-state index contributed by atoms with van der Waals surface area (Å²) in [6.07, 6.45) is 33.2. The van der Waals surface area contributed by atoms with Crippen molar-refractivity contribution >= 4 is 11.9 Å². The molecule has 0 bridgehead atoms. The normalized spacial score (nSPS) is 16.8. The van der Waals surface area contributed by atoms with Crippen LogP contribution in [0.4, 0.5) is 0 Å². The molecule has 1 rings (SSSR count). The number of esters is 2. The standard InChI is InChI=1S/C39H75NO4/c1-4-7-9-10-13-19-25-35-43-38(41)27-21-15-11-12-17-23-33-40(6-3)34-24-18-14-16-22-28-39(42)44-37-31-29-36(30-32-37)26-20-8-5-2/h36-37H,4-35H2,1-3H3. The summed E-state index contributed by atoms with van der Waals surface area (Å²) in [5, 5.41) is 0. The fraction of sp³-hybridized carbons (Fsp3) is 0.949. The van der Waals surface area contributed by atoms with Gasteiger partial charge >= 0.3 is 11.9 Å². The quantitative estimate of drug-likeness (QED) is 0.0569. The number of nitrogens with zero attached hydrogens (tertiary/aromatic N) is 1. The molecule has 0 radical (unpaired) electrons. The first-order valence-electron chi connectivity index (χ1n) is 19.7. The van der Waals surface area contributed by atoms with Gasteiger partial charge in [-0.3, -0.25) is 9.59 Å². The average Bonchev–Trinajstić information content (AvgIpc) is 3.03. The Balaban J connectivity index is 1.87. The van der Waals surface area contributed by atoms with Crippen molar-refractivity contribution < 1.29 is 19.1 Å². The van der Waals surface area contributed by atoms with E-state index in [-0.39, 0.29) is 18.0 Å². The zero-order valence-corrected chi connectivity index (χ0v) is 29.9. The third kappa shape index (κ3) is 25.1. The SMILES string of the molecule is CCCCCCCCCOC(=O)CCCCCCCCN(CC)CCCCCCCC(=O)OC1CCC(CCCCC)CC1. The van der Waals surface area contributed by atoms with Crippen LogP contribution in [-0.2, 0) is 19.1 Å². The number of carbonyl (C=O) groups is 2. The molecule has 0 heterocycles. The Bertz CT molecular complexity index is 646. The highest BCUT2D eigenvalue weighted by Crippen LogP contribution is 2.30. The molecule has 1 fully saturated rings. The second-order valence-corrected chi connectivity index (χ2v) is 13.8. The minimum atomic E-state index is -0.00210. The fourth-order valence-electron chi connectivity index (χ4n) is 6.66. The molecule has 0 aromatic carbocycles. The number of ether oxygens (including phenoxy) is 2. The first-order chi connectivity index (χ1) is 21.6. The van der Waals surface area contributed by atoms with Crippen molar-refractivity contribution in [3.05, 3.63) is 0 Å². The minimum Gasteiger partial charge on any atom is -0.466 e. The van der Waals surface area contributed by atoms with Gasteiger partial charge in [-0.2, -0.15) is 0 Å². The first-order valence-corrected chi connectivity index (χ1v) is 19.7. The lowest BCUT2D eigenvalue weighted by Gasteiger charge is -2.28. The summed E-state index contributed by atoms with van der Waals surface area (Å²) in [5.41, 5.74) is 0. The van der Waals surface area contributed by atoms with Gasteiger partial charge in [0.25, 0.3) is 0 Å². The van der Waals surface area contributed by atoms with Gasteiger partial charge in [-0.25, -0.2) is 0 Å². The van der Waals surface area contributed by atoms with Crippen molar-refractivity contribution in [2.24, 2.45) is 5.92 Å². The second-order valence-electron chi connectivity index (χ2n) is 13.8. The molecule has 1 aliphatic carbocycles. The van der Waals surface area contributed by atoms with E-state index in [0.29, 0.717) is 19.4 Å². The minimum absolute atomic E-state index is 0.00210. The molecule has 260 valence electrons. The van der Waals surface area contributed by atoms with E-state index in [1.54, 1.807) is 0 Å². The lowest BCUT2D eigenvalue weighted by molar-refractivity contribution is -0.151. The molecule has 0 spiro atoms. The zero-order valence-electron chi connectivity index (χ0n) is 29.9. The molecule has 0 saturated heterocycles. The van der Waals surface area contributed by atoms with Crippen molar-refractivity contribution in [1.29, 1.82) is 0 Å². The third-order valence-corrected chi connectivity index (χ3v) is 9.73. The third-order valence-electron chi connectivity index (χ3n) is 9.73. The maximum absolute atomic E-state index is 12.3. The Kier molecular flexibility index (Phi) is 28.4. The van der Waals surface area contributed by atoms with Gasteiger partial charge in [0.2, 0.25) is 0 Å². The van der Waals surface area contributed by atoms with Crippen LogP contribution in [0.3, 0.4) is 0 Å². The van der Waals surface area contributed by atoms with E-state index in [1.807, 2.05) is 0 Å². The van der Waals surface area contributed by atoms with Gasteiger partial charge in [0.1, 0.15) is 6.10 Å². The second kappa shape index (κ2) is 30.5. The molecule has 5 nitrogen and oxygen atoms in total. The van der Waals surface area contributed by atoms with E-state index < -0.39 is 0 Å². The van der Waals surface area contributed by atoms with Crippen molar-refractivity contribution in [3.63, 3.8) is 0 Å². The molecule has 0 aromatic rings. The van der Waals surface area contributed by atoms with Crippen LogP contribution in [0.5, 0.6) is 0 Å². The van der Waals surface area contributed by atoms with Gasteiger partial charge in [0.15, 0.2) is 0 Å². The predicted molar refractivity (Wildman–Crippen MR) is 187 cm³/mol. The first kappa shape index (κ1) is 40.9. The van der Waals surface area contributed by atoms with Gasteiger partial charge in [-0.15, -0.1) is 0 Å². The maximum atomic E-state index is 12.3. The van der Waals surface area contributed by atoms with Crippen molar-refractivity contribution in [1.82, 2.24) is 4.90 Å². The highest BCUT2D eigenvalue weighted by Gasteiger charge is 2.23. The Labute approximate surface area is 274 Å². The predicted octanol–water partition coefficient (Wildman–Crippen LogP) is 11.4. The van der Waals surface area contributed by atoms with Crippen LogP contribution in [0.1, 0.15) is 201 Å². The van der Waals surface area contributed by atoms with E-state index in [9.17, 15) is 9.59 Å². The molecular weight excluding hydrogens is 546 g/mol. The Morgan fingerprint density at radius 1 is 0.545 bits per heavy atom. The molecule has 44 heavy (non-hydrogen) atoms. The molecule has 0 amide bonds. The largest absolute Gasteiger partial charge is 0.466 e. The molecule has 5 heteroatoms. The van der Waals surface area contributed by atoms with Crippen LogP contribution in [0, 0.1) is 5.92 Å². The van der Waals surface area contributed by atoms with E-state index in [1.165, 1.54) is 135 Å². The number of unbranched alkanes of at least 4 members (excludes halogenated alkanes) is 17. The molecule has 1 aliphatic rings. The van der Waals surface area contributed by atoms with E-state index in [2.05, 4.69) is 25.7 Å². The average molecular weight is 622 g/mol. The van der Waals surface area contributed by atoms with Crippen LogP contribution >= 0.6 is 0 Å². The monoisotopic (exact) mass is 622 g/mol. The molecule has 0 atom stereocenters. The Morgan fingerprint density at radius 3 is 1.59 bits per heavy atom. The van der Waals surface area contributed by atoms with Gasteiger partial charge in [0, 0.05) is 12.8 Å². The molecule has 1 saturated carbocycles. The highest BCUT2D eigenvalue weighted by molar-refractivity contribution is 5.69. The van der Waals surface area contributed by atoms with Gasteiger partial charge in [-0.05, 0) is 83.3 Å². The maximum Gasteiger partial charge on any atom is 0.306 e. The summed E-state index contributed by atoms with van der Waals surface area (Å²) in [5.74, 6) is 0.898. The van der Waals surface area contributed by atoms with Crippen LogP contribution in [-0.4, -0.2) is 49.2 Å². The lowest BCUT2D eigenvalue weighted by Crippen LogP contribution is -2.25. The summed E-state index contributed by atoms with van der Waals surface area (Å²) >= 11 is 0. The number of hydrogen-bond acceptors (Lipinski definition) is 5. The van der Waals surface area contributed by atoms with E-state index in [0.717, 1.165) is 57.4 Å². The molecule has 0 aromatic heterocycles.